The van der Waals surface area contributed by atoms with E-state index in [1.807, 2.05) is 96.4 Å². The number of hydrogen-bond acceptors (Lipinski definition) is 5. The first kappa shape index (κ1) is 30.0. The summed E-state index contributed by atoms with van der Waals surface area (Å²) in [6.07, 6.45) is 1.65. The van der Waals surface area contributed by atoms with Crippen LogP contribution in [0.2, 0.25) is 0 Å². The summed E-state index contributed by atoms with van der Waals surface area (Å²) in [7, 11) is 0. The third-order valence-electron chi connectivity index (χ3n) is 6.18. The third-order valence-corrected chi connectivity index (χ3v) is 8.94. The molecule has 1 atom stereocenters. The van der Waals surface area contributed by atoms with Crippen molar-refractivity contribution in [2.75, 3.05) is 10.6 Å². The lowest BCUT2D eigenvalue weighted by Crippen LogP contribution is -2.30. The van der Waals surface area contributed by atoms with Crippen molar-refractivity contribution in [3.05, 3.63) is 153 Å². The highest BCUT2D eigenvalue weighted by atomic mass is 79.9. The van der Waals surface area contributed by atoms with E-state index in [2.05, 4.69) is 31.9 Å². The van der Waals surface area contributed by atoms with Gasteiger partial charge in [-0.15, -0.1) is 23.1 Å². The maximum Gasteiger partial charge on any atom is 0.272 e. The lowest BCUT2D eigenvalue weighted by atomic mass is 10.1. The Hall–Kier alpha value is -4.44. The molecule has 1 aromatic heterocycles. The Balaban J connectivity index is 1.36. The number of rotatable bonds is 10. The molecule has 9 heteroatoms. The SMILES string of the molecule is O=C(Nc1cccc(SC(C(=O)Nc2ccccc2Br)c2ccccc2)c1)/C(=C/c1cccs1)NC(=O)c1ccccc1. The standard InChI is InChI=1S/C34H26BrN3O3S2/c35-28-18-7-8-19-29(28)37-34(41)31(23-11-3-1-4-12-23)43-27-16-9-15-25(21-27)36-33(40)30(22-26-17-10-20-42-26)38-32(39)24-13-5-2-6-14-24/h1-22,31H,(H,36,40)(H,37,41)(H,38,39)/b30-22-. The van der Waals surface area contributed by atoms with Gasteiger partial charge in [-0.3, -0.25) is 14.4 Å². The van der Waals surface area contributed by atoms with E-state index >= 15 is 0 Å². The zero-order valence-electron chi connectivity index (χ0n) is 22.7. The molecular formula is C34H26BrN3O3S2. The zero-order chi connectivity index (χ0) is 30.0. The molecule has 1 unspecified atom stereocenters. The monoisotopic (exact) mass is 667 g/mol. The van der Waals surface area contributed by atoms with Gasteiger partial charge in [0.1, 0.15) is 10.9 Å². The van der Waals surface area contributed by atoms with Crippen molar-refractivity contribution in [2.45, 2.75) is 10.1 Å². The Morgan fingerprint density at radius 1 is 0.767 bits per heavy atom. The van der Waals surface area contributed by atoms with Crippen molar-refractivity contribution in [1.29, 1.82) is 0 Å². The van der Waals surface area contributed by atoms with Gasteiger partial charge in [-0.1, -0.05) is 72.8 Å². The van der Waals surface area contributed by atoms with E-state index in [9.17, 15) is 14.4 Å². The summed E-state index contributed by atoms with van der Waals surface area (Å²) in [5, 5.41) is 10.0. The summed E-state index contributed by atoms with van der Waals surface area (Å²) < 4.78 is 0.788. The Kier molecular flexibility index (Phi) is 10.2. The summed E-state index contributed by atoms with van der Waals surface area (Å²) in [4.78, 5) is 41.5. The van der Waals surface area contributed by atoms with Crippen molar-refractivity contribution in [2.24, 2.45) is 0 Å². The van der Waals surface area contributed by atoms with Crippen molar-refractivity contribution in [3.8, 4) is 0 Å². The van der Waals surface area contributed by atoms with Crippen molar-refractivity contribution in [1.82, 2.24) is 5.32 Å². The quantitative estimate of drug-likeness (QED) is 0.103. The minimum atomic E-state index is -0.557. The van der Waals surface area contributed by atoms with Crippen LogP contribution in [0.3, 0.4) is 0 Å². The van der Waals surface area contributed by atoms with Crippen molar-refractivity contribution < 1.29 is 14.4 Å². The van der Waals surface area contributed by atoms with Crippen LogP contribution < -0.4 is 16.0 Å². The molecule has 0 aliphatic rings. The molecule has 0 radical (unpaired) electrons. The van der Waals surface area contributed by atoms with Gasteiger partial charge in [-0.05, 0) is 81.5 Å². The smallest absolute Gasteiger partial charge is 0.272 e. The van der Waals surface area contributed by atoms with Crippen LogP contribution in [0, 0.1) is 0 Å². The number of nitrogens with one attached hydrogen (secondary N) is 3. The molecule has 6 nitrogen and oxygen atoms in total. The third kappa shape index (κ3) is 8.32. The van der Waals surface area contributed by atoms with Gasteiger partial charge in [0.2, 0.25) is 5.91 Å². The van der Waals surface area contributed by atoms with Gasteiger partial charge >= 0.3 is 0 Å². The molecule has 0 spiro atoms. The number of thiophene rings is 1. The zero-order valence-corrected chi connectivity index (χ0v) is 25.9. The van der Waals surface area contributed by atoms with Crippen LogP contribution in [0.15, 0.2) is 142 Å². The summed E-state index contributed by atoms with van der Waals surface area (Å²) in [5.74, 6) is -1.03. The Morgan fingerprint density at radius 2 is 1.49 bits per heavy atom. The summed E-state index contributed by atoms with van der Waals surface area (Å²) in [5.41, 5.74) is 2.61. The topological polar surface area (TPSA) is 87.3 Å². The minimum Gasteiger partial charge on any atom is -0.324 e. The van der Waals surface area contributed by atoms with E-state index in [1.54, 1.807) is 36.4 Å². The van der Waals surface area contributed by atoms with Crippen molar-refractivity contribution >= 4 is 74.2 Å². The Labute approximate surface area is 266 Å². The normalized spacial score (nSPS) is 11.8. The van der Waals surface area contributed by atoms with Crippen LogP contribution in [0.1, 0.15) is 26.0 Å². The van der Waals surface area contributed by atoms with E-state index in [4.69, 9.17) is 0 Å². The summed E-state index contributed by atoms with van der Waals surface area (Å²) in [6, 6.07) is 36.8. The van der Waals surface area contributed by atoms with Crippen LogP contribution in [0.25, 0.3) is 6.08 Å². The van der Waals surface area contributed by atoms with E-state index in [0.29, 0.717) is 16.9 Å². The fourth-order valence-electron chi connectivity index (χ4n) is 4.10. The number of carbonyl (C=O) groups is 3. The van der Waals surface area contributed by atoms with Gasteiger partial charge in [0.25, 0.3) is 11.8 Å². The molecule has 43 heavy (non-hydrogen) atoms. The van der Waals surface area contributed by atoms with Crippen molar-refractivity contribution in [3.63, 3.8) is 0 Å². The van der Waals surface area contributed by atoms with Gasteiger partial charge in [0.05, 0.1) is 5.69 Å². The highest BCUT2D eigenvalue weighted by Gasteiger charge is 2.23. The van der Waals surface area contributed by atoms with Gasteiger partial charge in [0.15, 0.2) is 0 Å². The molecule has 4 aromatic carbocycles. The lowest BCUT2D eigenvalue weighted by Gasteiger charge is -2.18. The number of benzene rings is 4. The predicted molar refractivity (Wildman–Crippen MR) is 179 cm³/mol. The Morgan fingerprint density at radius 3 is 2.21 bits per heavy atom. The molecular weight excluding hydrogens is 642 g/mol. The second-order valence-corrected chi connectivity index (χ2v) is 12.3. The van der Waals surface area contributed by atoms with Gasteiger partial charge in [-0.25, -0.2) is 0 Å². The number of thioether (sulfide) groups is 1. The van der Waals surface area contributed by atoms with E-state index in [1.165, 1.54) is 23.1 Å². The van der Waals surface area contributed by atoms with Crippen LogP contribution in [0.5, 0.6) is 0 Å². The number of hydrogen-bond donors (Lipinski definition) is 3. The number of halogens is 1. The molecule has 0 aliphatic heterocycles. The predicted octanol–water partition coefficient (Wildman–Crippen LogP) is 8.39. The fraction of sp³-hybridized carbons (Fsp3) is 0.0294. The largest absolute Gasteiger partial charge is 0.324 e. The van der Waals surface area contributed by atoms with E-state index in [-0.39, 0.29) is 17.5 Å². The van der Waals surface area contributed by atoms with Gasteiger partial charge < -0.3 is 16.0 Å². The van der Waals surface area contributed by atoms with E-state index < -0.39 is 11.2 Å². The molecule has 0 saturated heterocycles. The fourth-order valence-corrected chi connectivity index (χ4v) is 6.23. The number of carbonyl (C=O) groups excluding carboxylic acids is 3. The first-order valence-electron chi connectivity index (χ1n) is 13.3. The van der Waals surface area contributed by atoms with Crippen LogP contribution >= 0.6 is 39.0 Å². The molecule has 0 saturated carbocycles. The first-order chi connectivity index (χ1) is 21.0. The molecule has 5 rings (SSSR count). The number of amides is 3. The second-order valence-electron chi connectivity index (χ2n) is 9.25. The molecule has 3 amide bonds. The number of anilines is 2. The van der Waals surface area contributed by atoms with E-state index in [0.717, 1.165) is 19.8 Å². The number of para-hydroxylation sites is 1. The summed E-state index contributed by atoms with van der Waals surface area (Å²) in [6.45, 7) is 0. The first-order valence-corrected chi connectivity index (χ1v) is 15.8. The Bertz CT molecular complexity index is 1740. The maximum absolute atomic E-state index is 13.5. The highest BCUT2D eigenvalue weighted by molar-refractivity contribution is 9.10. The van der Waals surface area contributed by atoms with Crippen LogP contribution in [-0.2, 0) is 9.59 Å². The average Bonchev–Trinajstić information content (AvgIpc) is 3.55. The van der Waals surface area contributed by atoms with Gasteiger partial charge in [0, 0.05) is 25.5 Å². The van der Waals surface area contributed by atoms with Crippen LogP contribution in [-0.4, -0.2) is 17.7 Å². The van der Waals surface area contributed by atoms with Gasteiger partial charge in [-0.2, -0.15) is 0 Å². The second kappa shape index (κ2) is 14.6. The highest BCUT2D eigenvalue weighted by Crippen LogP contribution is 2.37. The lowest BCUT2D eigenvalue weighted by molar-refractivity contribution is -0.116. The maximum atomic E-state index is 13.5. The summed E-state index contributed by atoms with van der Waals surface area (Å²) >= 11 is 6.33. The average molecular weight is 669 g/mol. The minimum absolute atomic E-state index is 0.115. The molecule has 0 aliphatic carbocycles. The molecule has 0 fully saturated rings. The molecule has 0 bridgehead atoms. The van der Waals surface area contributed by atoms with Crippen LogP contribution in [0.4, 0.5) is 11.4 Å². The molecule has 1 heterocycles. The molecule has 5 aromatic rings. The molecule has 214 valence electrons. The molecule has 3 N–H and O–H groups in total.